The Morgan fingerprint density at radius 3 is 1.30 bits per heavy atom. The topological polar surface area (TPSA) is 0 Å². The maximum absolute atomic E-state index is 2.62. The lowest BCUT2D eigenvalue weighted by molar-refractivity contribution is 0.362. The molecule has 0 heterocycles. The van der Waals surface area contributed by atoms with E-state index in [1.807, 2.05) is 0 Å². The summed E-state index contributed by atoms with van der Waals surface area (Å²) in [6, 6.07) is 15.0. The van der Waals surface area contributed by atoms with Crippen LogP contribution in [0.25, 0.3) is 11.1 Å². The molecule has 2 aromatic rings. The molecule has 3 rings (SSSR count). The highest BCUT2D eigenvalue weighted by molar-refractivity contribution is 5.82. The maximum Gasteiger partial charge on any atom is 0.0215 e. The largest absolute Gasteiger partial charge is 0.0646 e. The number of fused-ring (bicyclic) bond motifs is 3. The molecule has 0 bridgehead atoms. The minimum Gasteiger partial charge on any atom is -0.0646 e. The predicted molar refractivity (Wildman–Crippen MR) is 147 cm³/mol. The zero-order chi connectivity index (χ0) is 24.6. The molecule has 0 atom stereocenters. The van der Waals surface area contributed by atoms with E-state index >= 15 is 0 Å². The Morgan fingerprint density at radius 2 is 1.00 bits per heavy atom. The quantitative estimate of drug-likeness (QED) is 0.340. The smallest absolute Gasteiger partial charge is 0.0215 e. The molecular formula is C33H50. The fourth-order valence-electron chi connectivity index (χ4n) is 5.48. The third kappa shape index (κ3) is 4.96. The number of hydrogen-bond acceptors (Lipinski definition) is 0. The predicted octanol–water partition coefficient (Wildman–Crippen LogP) is 10.2. The Hall–Kier alpha value is -1.56. The Labute approximate surface area is 205 Å². The van der Waals surface area contributed by atoms with Gasteiger partial charge in [-0.05, 0) is 94.6 Å². The lowest BCUT2D eigenvalue weighted by Crippen LogP contribution is -2.28. The van der Waals surface area contributed by atoms with Crippen molar-refractivity contribution in [3.05, 3.63) is 58.7 Å². The van der Waals surface area contributed by atoms with Crippen molar-refractivity contribution in [3.63, 3.8) is 0 Å². The van der Waals surface area contributed by atoms with Gasteiger partial charge in [-0.15, -0.1) is 0 Å². The highest BCUT2D eigenvalue weighted by Gasteiger charge is 2.43. The van der Waals surface area contributed by atoms with Crippen molar-refractivity contribution in [3.8, 4) is 11.1 Å². The molecule has 0 N–H and O–H groups in total. The van der Waals surface area contributed by atoms with Crippen molar-refractivity contribution in [1.29, 1.82) is 0 Å². The summed E-state index contributed by atoms with van der Waals surface area (Å²) in [5.41, 5.74) is 9.78. The molecule has 0 saturated heterocycles. The van der Waals surface area contributed by atoms with E-state index in [0.717, 1.165) is 11.8 Å². The van der Waals surface area contributed by atoms with E-state index in [4.69, 9.17) is 0 Å². The second kappa shape index (κ2) is 9.59. The normalized spacial score (nSPS) is 15.3. The van der Waals surface area contributed by atoms with Gasteiger partial charge in [0, 0.05) is 5.41 Å². The van der Waals surface area contributed by atoms with Crippen molar-refractivity contribution in [1.82, 2.24) is 0 Å². The van der Waals surface area contributed by atoms with Crippen LogP contribution in [0, 0.1) is 11.8 Å². The standard InChI is InChI=1S/C33H50/c1-11-31(7,8)25-13-15-27-28-16-14-26(32(9,10)12-2)22-30(28)33(29(27)21-25,19-17-23(3)4)20-18-24(5)6/h13-16,21-24H,11-12,17-20H2,1-10H3. The summed E-state index contributed by atoms with van der Waals surface area (Å²) in [5, 5.41) is 0. The van der Waals surface area contributed by atoms with Gasteiger partial charge in [0.05, 0.1) is 0 Å². The van der Waals surface area contributed by atoms with Crippen molar-refractivity contribution >= 4 is 0 Å². The van der Waals surface area contributed by atoms with Crippen LogP contribution in [0.4, 0.5) is 0 Å². The first-order valence-corrected chi connectivity index (χ1v) is 13.7. The van der Waals surface area contributed by atoms with Crippen LogP contribution < -0.4 is 0 Å². The van der Waals surface area contributed by atoms with Gasteiger partial charge in [0.15, 0.2) is 0 Å². The monoisotopic (exact) mass is 446 g/mol. The maximum atomic E-state index is 2.62. The molecule has 2 aromatic carbocycles. The van der Waals surface area contributed by atoms with Gasteiger partial charge in [-0.2, -0.15) is 0 Å². The van der Waals surface area contributed by atoms with E-state index < -0.39 is 0 Å². The summed E-state index contributed by atoms with van der Waals surface area (Å²) in [5.74, 6) is 1.44. The molecule has 0 radical (unpaired) electrons. The fraction of sp³-hybridized carbons (Fsp3) is 0.636. The molecule has 33 heavy (non-hydrogen) atoms. The minimum atomic E-state index is 0.138. The average Bonchev–Trinajstić information content (AvgIpc) is 3.05. The lowest BCUT2D eigenvalue weighted by atomic mass is 9.67. The molecule has 0 nitrogen and oxygen atoms in total. The van der Waals surface area contributed by atoms with Crippen LogP contribution in [0.1, 0.15) is 130 Å². The van der Waals surface area contributed by atoms with Crippen LogP contribution in [-0.4, -0.2) is 0 Å². The summed E-state index contributed by atoms with van der Waals surface area (Å²) in [6.07, 6.45) is 7.39. The lowest BCUT2D eigenvalue weighted by Gasteiger charge is -2.36. The fourth-order valence-corrected chi connectivity index (χ4v) is 5.48. The molecule has 0 heteroatoms. The van der Waals surface area contributed by atoms with Crippen LogP contribution >= 0.6 is 0 Å². The first-order chi connectivity index (χ1) is 15.4. The van der Waals surface area contributed by atoms with Crippen molar-refractivity contribution < 1.29 is 0 Å². The van der Waals surface area contributed by atoms with Gasteiger partial charge in [-0.25, -0.2) is 0 Å². The zero-order valence-electron chi connectivity index (χ0n) is 23.4. The summed E-state index contributed by atoms with van der Waals surface area (Å²) < 4.78 is 0. The molecule has 1 aliphatic carbocycles. The van der Waals surface area contributed by atoms with Crippen LogP contribution in [0.3, 0.4) is 0 Å². The van der Waals surface area contributed by atoms with Gasteiger partial charge in [0.1, 0.15) is 0 Å². The van der Waals surface area contributed by atoms with Gasteiger partial charge >= 0.3 is 0 Å². The average molecular weight is 447 g/mol. The third-order valence-electron chi connectivity index (χ3n) is 8.99. The van der Waals surface area contributed by atoms with Gasteiger partial charge in [0.2, 0.25) is 0 Å². The van der Waals surface area contributed by atoms with Gasteiger partial charge in [-0.3, -0.25) is 0 Å². The Balaban J connectivity index is 2.29. The highest BCUT2D eigenvalue weighted by Crippen LogP contribution is 2.56. The molecule has 0 unspecified atom stereocenters. The Morgan fingerprint density at radius 1 is 0.636 bits per heavy atom. The van der Waals surface area contributed by atoms with E-state index in [1.165, 1.54) is 60.8 Å². The number of benzene rings is 2. The van der Waals surface area contributed by atoms with Gasteiger partial charge in [-0.1, -0.05) is 106 Å². The Kier molecular flexibility index (Phi) is 7.57. The van der Waals surface area contributed by atoms with E-state index in [9.17, 15) is 0 Å². The summed E-state index contributed by atoms with van der Waals surface area (Å²) in [6.45, 7) is 23.8. The second-order valence-corrected chi connectivity index (χ2v) is 12.9. The van der Waals surface area contributed by atoms with Gasteiger partial charge in [0.25, 0.3) is 0 Å². The van der Waals surface area contributed by atoms with Gasteiger partial charge < -0.3 is 0 Å². The summed E-state index contributed by atoms with van der Waals surface area (Å²) >= 11 is 0. The molecule has 182 valence electrons. The number of hydrogen-bond donors (Lipinski definition) is 0. The van der Waals surface area contributed by atoms with E-state index in [2.05, 4.69) is 106 Å². The molecule has 1 aliphatic rings. The van der Waals surface area contributed by atoms with Crippen LogP contribution in [0.2, 0.25) is 0 Å². The molecule has 0 amide bonds. The SMILES string of the molecule is CCC(C)(C)c1ccc2c(c1)C(CCC(C)C)(CCC(C)C)c1cc(C(C)(C)CC)ccc1-2. The van der Waals surface area contributed by atoms with E-state index in [-0.39, 0.29) is 16.2 Å². The Bertz CT molecular complexity index is 874. The highest BCUT2D eigenvalue weighted by atomic mass is 14.5. The third-order valence-corrected chi connectivity index (χ3v) is 8.99. The number of rotatable bonds is 10. The van der Waals surface area contributed by atoms with Crippen LogP contribution in [0.5, 0.6) is 0 Å². The molecule has 0 saturated carbocycles. The van der Waals surface area contributed by atoms with Crippen LogP contribution in [0.15, 0.2) is 36.4 Å². The molecule has 0 aliphatic heterocycles. The summed E-state index contributed by atoms with van der Waals surface area (Å²) in [4.78, 5) is 0. The second-order valence-electron chi connectivity index (χ2n) is 12.9. The molecule has 0 aromatic heterocycles. The van der Waals surface area contributed by atoms with Crippen molar-refractivity contribution in [2.24, 2.45) is 11.8 Å². The first-order valence-electron chi connectivity index (χ1n) is 13.7. The van der Waals surface area contributed by atoms with E-state index in [0.29, 0.717) is 0 Å². The minimum absolute atomic E-state index is 0.138. The summed E-state index contributed by atoms with van der Waals surface area (Å²) in [7, 11) is 0. The van der Waals surface area contributed by atoms with E-state index in [1.54, 1.807) is 11.1 Å². The molecule has 0 spiro atoms. The van der Waals surface area contributed by atoms with Crippen molar-refractivity contribution in [2.45, 2.75) is 124 Å². The van der Waals surface area contributed by atoms with Crippen molar-refractivity contribution in [2.75, 3.05) is 0 Å². The zero-order valence-corrected chi connectivity index (χ0v) is 23.4. The van der Waals surface area contributed by atoms with Crippen LogP contribution in [-0.2, 0) is 16.2 Å². The first kappa shape index (κ1) is 26.1. The molecule has 0 fully saturated rings. The molecular weight excluding hydrogens is 396 g/mol.